The molecule has 0 bridgehead atoms. The van der Waals surface area contributed by atoms with Crippen molar-refractivity contribution in [2.45, 2.75) is 27.2 Å². The van der Waals surface area contributed by atoms with Crippen LogP contribution in [0.3, 0.4) is 0 Å². The van der Waals surface area contributed by atoms with Gasteiger partial charge >= 0.3 is 0 Å². The van der Waals surface area contributed by atoms with Crippen molar-refractivity contribution >= 4 is 0 Å². The molecule has 0 saturated carbocycles. The standard InChI is InChI=1S/C12H30N3/c1-5-14(10-8-9-13)11-12-15(4,6-2)7-3/h5-13H2,1-4H3/q+1. The molecule has 0 aliphatic carbocycles. The molecular formula is C12H30N3+. The Bertz CT molecular complexity index is 144. The highest BCUT2D eigenvalue weighted by Gasteiger charge is 2.17. The minimum atomic E-state index is 0.810. The van der Waals surface area contributed by atoms with Gasteiger partial charge in [0, 0.05) is 6.54 Å². The summed E-state index contributed by atoms with van der Waals surface area (Å²) in [5, 5.41) is 0. The maximum Gasteiger partial charge on any atom is 0.0913 e. The highest BCUT2D eigenvalue weighted by molar-refractivity contribution is 4.55. The van der Waals surface area contributed by atoms with Crippen LogP contribution in [-0.2, 0) is 0 Å². The largest absolute Gasteiger partial charge is 0.330 e. The molecular weight excluding hydrogens is 186 g/mol. The van der Waals surface area contributed by atoms with Gasteiger partial charge < -0.3 is 10.2 Å². The minimum absolute atomic E-state index is 0.810. The summed E-state index contributed by atoms with van der Waals surface area (Å²) < 4.78 is 1.18. The van der Waals surface area contributed by atoms with Gasteiger partial charge in [-0.15, -0.1) is 0 Å². The SMILES string of the molecule is CCN(CCCN)CC[N+](C)(CC)CC. The number of nitrogens with two attached hydrogens (primary N) is 1. The molecule has 0 unspecified atom stereocenters. The average Bonchev–Trinajstić information content (AvgIpc) is 2.29. The molecule has 3 nitrogen and oxygen atoms in total. The monoisotopic (exact) mass is 216 g/mol. The lowest BCUT2D eigenvalue weighted by Crippen LogP contribution is -2.48. The number of quaternary nitrogens is 1. The van der Waals surface area contributed by atoms with E-state index < -0.39 is 0 Å². The number of rotatable bonds is 9. The highest BCUT2D eigenvalue weighted by atomic mass is 15.3. The van der Waals surface area contributed by atoms with Gasteiger partial charge in [-0.25, -0.2) is 0 Å². The Balaban J connectivity index is 3.87. The van der Waals surface area contributed by atoms with Crippen LogP contribution in [0.1, 0.15) is 27.2 Å². The van der Waals surface area contributed by atoms with Gasteiger partial charge in [-0.1, -0.05) is 6.92 Å². The highest BCUT2D eigenvalue weighted by Crippen LogP contribution is 2.02. The van der Waals surface area contributed by atoms with E-state index in [1.54, 1.807) is 0 Å². The predicted molar refractivity (Wildman–Crippen MR) is 67.9 cm³/mol. The van der Waals surface area contributed by atoms with Crippen LogP contribution in [0.2, 0.25) is 0 Å². The minimum Gasteiger partial charge on any atom is -0.330 e. The van der Waals surface area contributed by atoms with Crippen molar-refractivity contribution in [1.29, 1.82) is 0 Å². The summed E-state index contributed by atoms with van der Waals surface area (Å²) in [5.41, 5.74) is 5.54. The van der Waals surface area contributed by atoms with Crippen molar-refractivity contribution in [3.8, 4) is 0 Å². The zero-order valence-electron chi connectivity index (χ0n) is 11.1. The lowest BCUT2D eigenvalue weighted by molar-refractivity contribution is -0.905. The van der Waals surface area contributed by atoms with Crippen molar-refractivity contribution in [2.75, 3.05) is 52.9 Å². The first-order chi connectivity index (χ1) is 7.11. The molecule has 0 saturated heterocycles. The summed E-state index contributed by atoms with van der Waals surface area (Å²) in [6.45, 7) is 14.8. The Morgan fingerprint density at radius 1 is 1.07 bits per heavy atom. The first kappa shape index (κ1) is 14.9. The molecule has 0 aromatic heterocycles. The van der Waals surface area contributed by atoms with E-state index in [9.17, 15) is 0 Å². The van der Waals surface area contributed by atoms with E-state index in [0.29, 0.717) is 0 Å². The van der Waals surface area contributed by atoms with Crippen LogP contribution < -0.4 is 5.73 Å². The second-order valence-corrected chi connectivity index (χ2v) is 4.55. The number of likely N-dealkylation sites (N-methyl/N-ethyl adjacent to an activating group) is 2. The van der Waals surface area contributed by atoms with Gasteiger partial charge in [-0.2, -0.15) is 0 Å². The molecule has 2 N–H and O–H groups in total. The van der Waals surface area contributed by atoms with Crippen LogP contribution in [0.5, 0.6) is 0 Å². The van der Waals surface area contributed by atoms with Gasteiger partial charge in [-0.05, 0) is 39.9 Å². The van der Waals surface area contributed by atoms with Gasteiger partial charge in [0.1, 0.15) is 0 Å². The quantitative estimate of drug-likeness (QED) is 0.586. The van der Waals surface area contributed by atoms with Crippen LogP contribution in [0.25, 0.3) is 0 Å². The number of hydrogen-bond acceptors (Lipinski definition) is 2. The van der Waals surface area contributed by atoms with Crippen molar-refractivity contribution in [2.24, 2.45) is 5.73 Å². The lowest BCUT2D eigenvalue weighted by Gasteiger charge is -2.34. The van der Waals surface area contributed by atoms with E-state index in [1.807, 2.05) is 0 Å². The first-order valence-electron chi connectivity index (χ1n) is 6.37. The van der Waals surface area contributed by atoms with Gasteiger partial charge in [0.15, 0.2) is 0 Å². The second-order valence-electron chi connectivity index (χ2n) is 4.55. The predicted octanol–water partition coefficient (Wildman–Crippen LogP) is 1.14. The molecule has 92 valence electrons. The number of hydrogen-bond donors (Lipinski definition) is 1. The maximum atomic E-state index is 5.54. The van der Waals surface area contributed by atoms with Crippen LogP contribution in [0.15, 0.2) is 0 Å². The molecule has 0 radical (unpaired) electrons. The van der Waals surface area contributed by atoms with E-state index in [1.165, 1.54) is 30.7 Å². The molecule has 0 aliphatic rings. The van der Waals surface area contributed by atoms with E-state index in [4.69, 9.17) is 5.73 Å². The molecule has 0 aromatic carbocycles. The van der Waals surface area contributed by atoms with Crippen molar-refractivity contribution in [3.63, 3.8) is 0 Å². The Morgan fingerprint density at radius 3 is 2.07 bits per heavy atom. The Kier molecular flexibility index (Phi) is 8.02. The van der Waals surface area contributed by atoms with Gasteiger partial charge in [-0.3, -0.25) is 4.90 Å². The third kappa shape index (κ3) is 6.13. The fraction of sp³-hybridized carbons (Fsp3) is 1.00. The van der Waals surface area contributed by atoms with Crippen molar-refractivity contribution < 1.29 is 4.48 Å². The molecule has 0 amide bonds. The summed E-state index contributed by atoms with van der Waals surface area (Å²) in [5.74, 6) is 0. The van der Waals surface area contributed by atoms with Crippen molar-refractivity contribution in [1.82, 2.24) is 4.90 Å². The second kappa shape index (κ2) is 8.08. The molecule has 0 heterocycles. The van der Waals surface area contributed by atoms with E-state index >= 15 is 0 Å². The molecule has 0 fully saturated rings. The fourth-order valence-corrected chi connectivity index (χ4v) is 1.67. The molecule has 0 aliphatic heterocycles. The van der Waals surface area contributed by atoms with Crippen LogP contribution >= 0.6 is 0 Å². The summed E-state index contributed by atoms with van der Waals surface area (Å²) in [4.78, 5) is 2.51. The fourth-order valence-electron chi connectivity index (χ4n) is 1.67. The third-order valence-electron chi connectivity index (χ3n) is 3.61. The Hall–Kier alpha value is -0.120. The van der Waals surface area contributed by atoms with Gasteiger partial charge in [0.2, 0.25) is 0 Å². The Morgan fingerprint density at radius 2 is 1.67 bits per heavy atom. The molecule has 0 spiro atoms. The van der Waals surface area contributed by atoms with Crippen LogP contribution in [0.4, 0.5) is 0 Å². The smallest absolute Gasteiger partial charge is 0.0913 e. The van der Waals surface area contributed by atoms with Gasteiger partial charge in [0.05, 0.1) is 26.7 Å². The van der Waals surface area contributed by atoms with E-state index in [-0.39, 0.29) is 0 Å². The average molecular weight is 216 g/mol. The lowest BCUT2D eigenvalue weighted by atomic mass is 10.3. The zero-order valence-corrected chi connectivity index (χ0v) is 11.1. The zero-order chi connectivity index (χ0) is 11.7. The summed E-state index contributed by atoms with van der Waals surface area (Å²) in [6.07, 6.45) is 1.12. The molecule has 3 heteroatoms. The summed E-state index contributed by atoms with van der Waals surface area (Å²) in [7, 11) is 2.34. The molecule has 0 atom stereocenters. The molecule has 0 aromatic rings. The topological polar surface area (TPSA) is 29.3 Å². The van der Waals surface area contributed by atoms with Crippen molar-refractivity contribution in [3.05, 3.63) is 0 Å². The van der Waals surface area contributed by atoms with Crippen LogP contribution in [0, 0.1) is 0 Å². The molecule has 0 rings (SSSR count). The van der Waals surface area contributed by atoms with E-state index in [0.717, 1.165) is 26.1 Å². The van der Waals surface area contributed by atoms with E-state index in [2.05, 4.69) is 32.7 Å². The summed E-state index contributed by atoms with van der Waals surface area (Å²) in [6, 6.07) is 0. The first-order valence-corrected chi connectivity index (χ1v) is 6.37. The number of nitrogens with zero attached hydrogens (tertiary/aromatic N) is 2. The maximum absolute atomic E-state index is 5.54. The molecule has 15 heavy (non-hydrogen) atoms. The van der Waals surface area contributed by atoms with Crippen LogP contribution in [-0.4, -0.2) is 62.2 Å². The third-order valence-corrected chi connectivity index (χ3v) is 3.61. The Labute approximate surface area is 95.8 Å². The summed E-state index contributed by atoms with van der Waals surface area (Å²) >= 11 is 0. The van der Waals surface area contributed by atoms with Gasteiger partial charge in [0.25, 0.3) is 0 Å². The normalized spacial score (nSPS) is 12.4.